The second-order valence-corrected chi connectivity index (χ2v) is 5.76. The van der Waals surface area contributed by atoms with Crippen molar-refractivity contribution >= 4 is 29.1 Å². The van der Waals surface area contributed by atoms with Crippen molar-refractivity contribution in [1.82, 2.24) is 5.32 Å². The largest absolute Gasteiger partial charge is 0.351 e. The van der Waals surface area contributed by atoms with Crippen LogP contribution in [0.25, 0.3) is 0 Å². The Labute approximate surface area is 150 Å². The van der Waals surface area contributed by atoms with Gasteiger partial charge >= 0.3 is 0 Å². The van der Waals surface area contributed by atoms with Gasteiger partial charge in [-0.25, -0.2) is 4.39 Å². The van der Waals surface area contributed by atoms with Gasteiger partial charge in [0.15, 0.2) is 0 Å². The van der Waals surface area contributed by atoms with Crippen molar-refractivity contribution in [3.8, 4) is 0 Å². The van der Waals surface area contributed by atoms with Crippen LogP contribution in [0.15, 0.2) is 42.5 Å². The van der Waals surface area contributed by atoms with Gasteiger partial charge in [-0.3, -0.25) is 14.4 Å². The van der Waals surface area contributed by atoms with Crippen LogP contribution in [0.1, 0.15) is 29.3 Å². The zero-order valence-electron chi connectivity index (χ0n) is 14.6. The first kappa shape index (κ1) is 19.1. The summed E-state index contributed by atoms with van der Waals surface area (Å²) < 4.78 is 13.5. The summed E-state index contributed by atoms with van der Waals surface area (Å²) >= 11 is 0. The number of hydrogen-bond acceptors (Lipinski definition) is 3. The third-order valence-electron chi connectivity index (χ3n) is 3.52. The van der Waals surface area contributed by atoms with Crippen molar-refractivity contribution < 1.29 is 18.8 Å². The normalized spacial score (nSPS) is 10.1. The Balaban J connectivity index is 1.91. The van der Waals surface area contributed by atoms with Gasteiger partial charge in [0, 0.05) is 19.9 Å². The van der Waals surface area contributed by atoms with Gasteiger partial charge < -0.3 is 16.0 Å². The topological polar surface area (TPSA) is 87.3 Å². The maximum Gasteiger partial charge on any atom is 0.254 e. The predicted octanol–water partition coefficient (Wildman–Crippen LogP) is 2.85. The molecule has 136 valence electrons. The molecule has 3 amide bonds. The molecule has 0 saturated carbocycles. The molecule has 2 rings (SSSR count). The standard InChI is InChI=1S/C19H20FN3O3/c1-12-7-8-16(22-13(2)24)17(11-12)23-18(25)9-10-21-19(26)14-5-3-4-6-15(14)20/h3-8,11H,9-10H2,1-2H3,(H,21,26)(H,22,24)(H,23,25). The minimum Gasteiger partial charge on any atom is -0.351 e. The molecule has 0 unspecified atom stereocenters. The number of nitrogens with one attached hydrogen (secondary N) is 3. The molecule has 0 aromatic heterocycles. The van der Waals surface area contributed by atoms with Crippen molar-refractivity contribution in [1.29, 1.82) is 0 Å². The van der Waals surface area contributed by atoms with E-state index in [1.807, 2.05) is 13.0 Å². The molecule has 0 radical (unpaired) electrons. The Morgan fingerprint density at radius 3 is 2.42 bits per heavy atom. The lowest BCUT2D eigenvalue weighted by atomic mass is 10.2. The molecule has 0 aliphatic carbocycles. The average molecular weight is 357 g/mol. The van der Waals surface area contributed by atoms with Gasteiger partial charge in [-0.2, -0.15) is 0 Å². The van der Waals surface area contributed by atoms with Crippen molar-refractivity contribution in [2.24, 2.45) is 0 Å². The Kier molecular flexibility index (Phi) is 6.43. The second-order valence-electron chi connectivity index (χ2n) is 5.76. The van der Waals surface area contributed by atoms with E-state index in [1.54, 1.807) is 18.2 Å². The highest BCUT2D eigenvalue weighted by Crippen LogP contribution is 2.23. The van der Waals surface area contributed by atoms with Crippen LogP contribution in [0.2, 0.25) is 0 Å². The molecule has 0 bridgehead atoms. The third kappa shape index (κ3) is 5.41. The number of aryl methyl sites for hydroxylation is 1. The zero-order valence-corrected chi connectivity index (χ0v) is 14.6. The Hall–Kier alpha value is -3.22. The van der Waals surface area contributed by atoms with Crippen molar-refractivity contribution in [3.63, 3.8) is 0 Å². The monoisotopic (exact) mass is 357 g/mol. The summed E-state index contributed by atoms with van der Waals surface area (Å²) in [7, 11) is 0. The van der Waals surface area contributed by atoms with Crippen LogP contribution < -0.4 is 16.0 Å². The quantitative estimate of drug-likeness (QED) is 0.743. The summed E-state index contributed by atoms with van der Waals surface area (Å²) in [6.07, 6.45) is 0.00759. The van der Waals surface area contributed by atoms with E-state index in [0.29, 0.717) is 11.4 Å². The van der Waals surface area contributed by atoms with Gasteiger partial charge in [-0.1, -0.05) is 18.2 Å². The molecule has 0 aliphatic rings. The Bertz CT molecular complexity index is 837. The maximum absolute atomic E-state index is 13.5. The number of halogens is 1. The molecule has 6 nitrogen and oxygen atoms in total. The Morgan fingerprint density at radius 1 is 1.00 bits per heavy atom. The molecule has 0 aliphatic heterocycles. The fourth-order valence-electron chi connectivity index (χ4n) is 2.30. The molecule has 0 heterocycles. The van der Waals surface area contributed by atoms with E-state index in [9.17, 15) is 18.8 Å². The van der Waals surface area contributed by atoms with E-state index in [1.165, 1.54) is 25.1 Å². The molecule has 0 atom stereocenters. The van der Waals surface area contributed by atoms with Gasteiger partial charge in [0.2, 0.25) is 11.8 Å². The van der Waals surface area contributed by atoms with Crippen molar-refractivity contribution in [2.45, 2.75) is 20.3 Å². The smallest absolute Gasteiger partial charge is 0.254 e. The molecule has 26 heavy (non-hydrogen) atoms. The number of benzene rings is 2. The SMILES string of the molecule is CC(=O)Nc1ccc(C)cc1NC(=O)CCNC(=O)c1ccccc1F. The van der Waals surface area contributed by atoms with Gasteiger partial charge in [0.25, 0.3) is 5.91 Å². The number of hydrogen-bond donors (Lipinski definition) is 3. The predicted molar refractivity (Wildman–Crippen MR) is 97.5 cm³/mol. The van der Waals surface area contributed by atoms with Crippen LogP contribution >= 0.6 is 0 Å². The lowest BCUT2D eigenvalue weighted by Crippen LogP contribution is -2.28. The minimum absolute atomic E-state index is 0.00759. The van der Waals surface area contributed by atoms with Crippen LogP contribution in [0, 0.1) is 12.7 Å². The van der Waals surface area contributed by atoms with Gasteiger partial charge in [-0.05, 0) is 36.8 Å². The molecular weight excluding hydrogens is 337 g/mol. The van der Waals surface area contributed by atoms with Gasteiger partial charge in [0.1, 0.15) is 5.82 Å². The minimum atomic E-state index is -0.617. The van der Waals surface area contributed by atoms with Gasteiger partial charge in [0.05, 0.1) is 16.9 Å². The molecule has 7 heteroatoms. The summed E-state index contributed by atoms with van der Waals surface area (Å²) in [5, 5.41) is 7.85. The van der Waals surface area contributed by atoms with Crippen molar-refractivity contribution in [2.75, 3.05) is 17.2 Å². The summed E-state index contributed by atoms with van der Waals surface area (Å²) in [4.78, 5) is 35.2. The highest BCUT2D eigenvalue weighted by Gasteiger charge is 2.12. The summed E-state index contributed by atoms with van der Waals surface area (Å²) in [6.45, 7) is 3.30. The van der Waals surface area contributed by atoms with E-state index in [-0.39, 0.29) is 30.3 Å². The fraction of sp³-hybridized carbons (Fsp3) is 0.211. The molecule has 0 fully saturated rings. The highest BCUT2D eigenvalue weighted by molar-refractivity contribution is 5.99. The number of carbonyl (C=O) groups is 3. The van der Waals surface area contributed by atoms with E-state index in [2.05, 4.69) is 16.0 Å². The summed E-state index contributed by atoms with van der Waals surface area (Å²) in [6, 6.07) is 10.9. The molecular formula is C19H20FN3O3. The van der Waals surface area contributed by atoms with Gasteiger partial charge in [-0.15, -0.1) is 0 Å². The van der Waals surface area contributed by atoms with Crippen LogP contribution in [-0.2, 0) is 9.59 Å². The van der Waals surface area contributed by atoms with E-state index in [0.717, 1.165) is 5.56 Å². The lowest BCUT2D eigenvalue weighted by Gasteiger charge is -2.12. The van der Waals surface area contributed by atoms with E-state index >= 15 is 0 Å². The van der Waals surface area contributed by atoms with Crippen LogP contribution in [0.5, 0.6) is 0 Å². The Morgan fingerprint density at radius 2 is 1.73 bits per heavy atom. The first-order chi connectivity index (χ1) is 12.4. The summed E-state index contributed by atoms with van der Waals surface area (Å²) in [5.74, 6) is -1.78. The molecule has 0 spiro atoms. The summed E-state index contributed by atoms with van der Waals surface area (Å²) in [5.41, 5.74) is 1.82. The van der Waals surface area contributed by atoms with Crippen molar-refractivity contribution in [3.05, 3.63) is 59.4 Å². The van der Waals surface area contributed by atoms with Crippen LogP contribution in [0.4, 0.5) is 15.8 Å². The highest BCUT2D eigenvalue weighted by atomic mass is 19.1. The number of amides is 3. The zero-order chi connectivity index (χ0) is 19.1. The molecule has 2 aromatic carbocycles. The first-order valence-corrected chi connectivity index (χ1v) is 8.07. The maximum atomic E-state index is 13.5. The number of rotatable bonds is 6. The molecule has 3 N–H and O–H groups in total. The van der Waals surface area contributed by atoms with Crippen LogP contribution in [-0.4, -0.2) is 24.3 Å². The van der Waals surface area contributed by atoms with E-state index < -0.39 is 11.7 Å². The second kappa shape index (κ2) is 8.75. The number of anilines is 2. The lowest BCUT2D eigenvalue weighted by molar-refractivity contribution is -0.116. The first-order valence-electron chi connectivity index (χ1n) is 8.07. The fourth-order valence-corrected chi connectivity index (χ4v) is 2.30. The average Bonchev–Trinajstić information content (AvgIpc) is 2.57. The molecule has 0 saturated heterocycles. The third-order valence-corrected chi connectivity index (χ3v) is 3.52. The molecule has 2 aromatic rings. The number of carbonyl (C=O) groups excluding carboxylic acids is 3. The van der Waals surface area contributed by atoms with E-state index in [4.69, 9.17) is 0 Å². The van der Waals surface area contributed by atoms with Crippen LogP contribution in [0.3, 0.4) is 0 Å².